The number of hydrazine groups is 1. The number of anilines is 1. The maximum atomic E-state index is 13.3. The fraction of sp³-hybridized carbons (Fsp3) is 0.207. The second-order valence-corrected chi connectivity index (χ2v) is 8.42. The number of nitrogens with two attached hydrogens (primary N) is 1. The first kappa shape index (κ1) is 29.7. The van der Waals surface area contributed by atoms with Crippen molar-refractivity contribution in [3.63, 3.8) is 0 Å². The van der Waals surface area contributed by atoms with E-state index in [1.807, 2.05) is 0 Å². The Balaban J connectivity index is 0.00000216. The van der Waals surface area contributed by atoms with Gasteiger partial charge in [0.05, 0.1) is 30.5 Å². The van der Waals surface area contributed by atoms with Crippen LogP contribution >= 0.6 is 0 Å². The fourth-order valence-corrected chi connectivity index (χ4v) is 3.79. The zero-order chi connectivity index (χ0) is 29.4. The summed E-state index contributed by atoms with van der Waals surface area (Å²) in [4.78, 5) is 29.9. The van der Waals surface area contributed by atoms with Crippen molar-refractivity contribution >= 4 is 23.3 Å². The molecule has 0 saturated carbocycles. The summed E-state index contributed by atoms with van der Waals surface area (Å²) in [6.07, 6.45) is 3.44. The highest BCUT2D eigenvalue weighted by atomic mass is 19.4. The van der Waals surface area contributed by atoms with Crippen molar-refractivity contribution in [2.24, 2.45) is 10.8 Å². The zero-order valence-corrected chi connectivity index (χ0v) is 21.8. The summed E-state index contributed by atoms with van der Waals surface area (Å²) < 4.78 is 50.7. The van der Waals surface area contributed by atoms with E-state index in [0.717, 1.165) is 16.8 Å². The van der Waals surface area contributed by atoms with Crippen LogP contribution in [-0.2, 0) is 0 Å². The Bertz CT molecular complexity index is 1350. The minimum atomic E-state index is -4.56. The van der Waals surface area contributed by atoms with E-state index in [4.69, 9.17) is 15.3 Å². The Labute approximate surface area is 229 Å². The van der Waals surface area contributed by atoms with E-state index in [0.29, 0.717) is 33.9 Å². The van der Waals surface area contributed by atoms with Crippen LogP contribution in [0.25, 0.3) is 0 Å². The summed E-state index contributed by atoms with van der Waals surface area (Å²) in [7, 11) is 1.50. The molecular weight excluding hydrogens is 525 g/mol. The van der Waals surface area contributed by atoms with Gasteiger partial charge in [-0.1, -0.05) is 12.1 Å². The van der Waals surface area contributed by atoms with Crippen molar-refractivity contribution in [1.29, 1.82) is 0 Å². The number of nitrogens with zero attached hydrogens (tertiary/aromatic N) is 3. The fourth-order valence-electron chi connectivity index (χ4n) is 3.79. The summed E-state index contributed by atoms with van der Waals surface area (Å²) >= 11 is 0. The SMILES string of the molecule is C#C.COc1ccc(N(N)C(=NC(C)C(F)(F)F)c2ccc(OCCN3C(=O)c4ccccc4C3=O)cc2)cc1. The van der Waals surface area contributed by atoms with Gasteiger partial charge in [-0.15, -0.1) is 12.8 Å². The molecule has 4 rings (SSSR count). The van der Waals surface area contributed by atoms with Crippen LogP contribution < -0.4 is 20.3 Å². The normalized spacial score (nSPS) is 13.7. The molecule has 1 aliphatic heterocycles. The van der Waals surface area contributed by atoms with Crippen molar-refractivity contribution < 1.29 is 32.2 Å². The molecule has 0 aromatic heterocycles. The number of hydrogen-bond acceptors (Lipinski definition) is 6. The number of carbonyl (C=O) groups is 2. The van der Waals surface area contributed by atoms with Gasteiger partial charge in [-0.25, -0.2) is 5.84 Å². The number of aliphatic imine (C=N–C) groups is 1. The molecule has 0 radical (unpaired) electrons. The van der Waals surface area contributed by atoms with Crippen LogP contribution in [-0.4, -0.2) is 55.0 Å². The van der Waals surface area contributed by atoms with Crippen molar-refractivity contribution in [1.82, 2.24) is 4.90 Å². The van der Waals surface area contributed by atoms with Gasteiger partial charge in [0.15, 0.2) is 5.84 Å². The van der Waals surface area contributed by atoms with Crippen LogP contribution in [0.3, 0.4) is 0 Å². The van der Waals surface area contributed by atoms with E-state index in [-0.39, 0.29) is 30.8 Å². The monoisotopic (exact) mass is 552 g/mol. The van der Waals surface area contributed by atoms with Gasteiger partial charge in [0.2, 0.25) is 0 Å². The van der Waals surface area contributed by atoms with Crippen LogP contribution in [0.2, 0.25) is 0 Å². The molecule has 0 spiro atoms. The molecule has 8 nitrogen and oxygen atoms in total. The summed E-state index contributed by atoms with van der Waals surface area (Å²) in [5.41, 5.74) is 1.43. The smallest absolute Gasteiger partial charge is 0.410 e. The summed E-state index contributed by atoms with van der Waals surface area (Å²) in [5.74, 6) is 6.28. The Kier molecular flexibility index (Phi) is 9.53. The maximum absolute atomic E-state index is 13.3. The lowest BCUT2D eigenvalue weighted by atomic mass is 10.1. The number of imide groups is 1. The number of carbonyl (C=O) groups excluding carboxylic acids is 2. The highest BCUT2D eigenvalue weighted by molar-refractivity contribution is 6.21. The minimum absolute atomic E-state index is 0.0335. The zero-order valence-electron chi connectivity index (χ0n) is 21.8. The van der Waals surface area contributed by atoms with Crippen LogP contribution in [0.4, 0.5) is 18.9 Å². The van der Waals surface area contributed by atoms with Crippen LogP contribution in [0, 0.1) is 12.8 Å². The van der Waals surface area contributed by atoms with Gasteiger partial charge in [-0.05, 0) is 67.6 Å². The van der Waals surface area contributed by atoms with E-state index >= 15 is 0 Å². The number of amidine groups is 1. The molecule has 2 N–H and O–H groups in total. The number of terminal acetylenes is 1. The topological polar surface area (TPSA) is 97.5 Å². The summed E-state index contributed by atoms with van der Waals surface area (Å²) in [6.45, 7) is 1.02. The molecule has 0 fully saturated rings. The molecule has 0 saturated heterocycles. The van der Waals surface area contributed by atoms with Crippen molar-refractivity contribution in [2.45, 2.75) is 19.1 Å². The third-order valence-corrected chi connectivity index (χ3v) is 5.94. The summed E-state index contributed by atoms with van der Waals surface area (Å²) in [5, 5.41) is 1.07. The van der Waals surface area contributed by atoms with E-state index in [1.165, 1.54) is 19.2 Å². The van der Waals surface area contributed by atoms with E-state index in [9.17, 15) is 22.8 Å². The van der Waals surface area contributed by atoms with Gasteiger partial charge in [0.1, 0.15) is 24.1 Å². The molecule has 40 heavy (non-hydrogen) atoms. The molecule has 3 aromatic carbocycles. The third-order valence-electron chi connectivity index (χ3n) is 5.94. The van der Waals surface area contributed by atoms with Crippen LogP contribution in [0.15, 0.2) is 77.8 Å². The number of fused-ring (bicyclic) bond motifs is 1. The number of ether oxygens (including phenoxy) is 2. The standard InChI is InChI=1S/C27H25F3N4O4.C2H2/c1-17(27(28,29)30)32-24(34(31)19-9-13-20(37-2)14-10-19)18-7-11-21(12-8-18)38-16-15-33-25(35)22-5-3-4-6-23(22)26(33)36;1-2/h3-14,17H,15-16,31H2,1-2H3;1-2H. The molecule has 1 unspecified atom stereocenters. The maximum Gasteiger partial charge on any atom is 0.410 e. The van der Waals surface area contributed by atoms with E-state index in [2.05, 4.69) is 17.8 Å². The Morgan fingerprint density at radius 3 is 1.98 bits per heavy atom. The molecule has 3 aromatic rings. The number of halogens is 3. The van der Waals surface area contributed by atoms with Gasteiger partial charge < -0.3 is 9.47 Å². The van der Waals surface area contributed by atoms with Crippen molar-refractivity contribution in [2.75, 3.05) is 25.3 Å². The second kappa shape index (κ2) is 12.8. The average molecular weight is 553 g/mol. The number of benzene rings is 3. The second-order valence-electron chi connectivity index (χ2n) is 8.42. The number of methoxy groups -OCH3 is 1. The minimum Gasteiger partial charge on any atom is -0.497 e. The lowest BCUT2D eigenvalue weighted by Crippen LogP contribution is -2.40. The molecule has 11 heteroatoms. The predicted molar refractivity (Wildman–Crippen MR) is 145 cm³/mol. The Hall–Kier alpha value is -4.82. The molecule has 1 atom stereocenters. The van der Waals surface area contributed by atoms with Crippen molar-refractivity contribution in [3.05, 3.63) is 89.5 Å². The van der Waals surface area contributed by atoms with Gasteiger partial charge >= 0.3 is 6.18 Å². The largest absolute Gasteiger partial charge is 0.497 e. The lowest BCUT2D eigenvalue weighted by molar-refractivity contribution is -0.142. The highest BCUT2D eigenvalue weighted by Gasteiger charge is 2.37. The third kappa shape index (κ3) is 6.59. The molecule has 0 bridgehead atoms. The molecule has 208 valence electrons. The van der Waals surface area contributed by atoms with E-state index in [1.54, 1.807) is 60.7 Å². The number of amides is 2. The van der Waals surface area contributed by atoms with Crippen LogP contribution in [0.5, 0.6) is 11.5 Å². The van der Waals surface area contributed by atoms with Gasteiger partial charge in [0, 0.05) is 5.56 Å². The van der Waals surface area contributed by atoms with Crippen molar-refractivity contribution in [3.8, 4) is 24.3 Å². The number of hydrogen-bond donors (Lipinski definition) is 1. The molecular formula is C29H27F3N4O4. The summed E-state index contributed by atoms with van der Waals surface area (Å²) in [6, 6.07) is 17.2. The first-order chi connectivity index (χ1) is 19.1. The Morgan fingerprint density at radius 1 is 0.950 bits per heavy atom. The molecule has 2 amide bonds. The van der Waals surface area contributed by atoms with Crippen LogP contribution in [0.1, 0.15) is 33.2 Å². The molecule has 0 aliphatic carbocycles. The average Bonchev–Trinajstić information content (AvgIpc) is 3.21. The molecule has 1 heterocycles. The first-order valence-corrected chi connectivity index (χ1v) is 12.0. The van der Waals surface area contributed by atoms with E-state index < -0.39 is 12.2 Å². The van der Waals surface area contributed by atoms with Gasteiger partial charge in [-0.2, -0.15) is 13.2 Å². The van der Waals surface area contributed by atoms with Gasteiger partial charge in [0.25, 0.3) is 11.8 Å². The first-order valence-electron chi connectivity index (χ1n) is 12.0. The van der Waals surface area contributed by atoms with Gasteiger partial charge in [-0.3, -0.25) is 24.5 Å². The predicted octanol–water partition coefficient (Wildman–Crippen LogP) is 4.70. The Morgan fingerprint density at radius 2 is 1.48 bits per heavy atom. The lowest BCUT2D eigenvalue weighted by Gasteiger charge is -2.23. The number of alkyl halides is 3. The quantitative estimate of drug-likeness (QED) is 0.109. The molecule has 1 aliphatic rings. The highest BCUT2D eigenvalue weighted by Crippen LogP contribution is 2.26. The number of rotatable bonds is 8.